The van der Waals surface area contributed by atoms with E-state index in [-0.39, 0.29) is 6.61 Å². The van der Waals surface area contributed by atoms with Gasteiger partial charge >= 0.3 is 0 Å². The zero-order valence-electron chi connectivity index (χ0n) is 10.1. The maximum atomic E-state index is 8.84. The van der Waals surface area contributed by atoms with Gasteiger partial charge < -0.3 is 9.84 Å². The largest absolute Gasteiger partial charge is 0.492 e. The van der Waals surface area contributed by atoms with Gasteiger partial charge in [-0.2, -0.15) is 0 Å². The molecule has 0 fully saturated rings. The maximum Gasteiger partial charge on any atom is 0.119 e. The summed E-state index contributed by atoms with van der Waals surface area (Å²) in [7, 11) is 0. The van der Waals surface area contributed by atoms with E-state index in [4.69, 9.17) is 9.84 Å². The van der Waals surface area contributed by atoms with Gasteiger partial charge in [0.15, 0.2) is 0 Å². The average Bonchev–Trinajstić information content (AvgIpc) is 2.28. The zero-order valence-corrected chi connectivity index (χ0v) is 10.1. The van der Waals surface area contributed by atoms with Crippen LogP contribution >= 0.6 is 0 Å². The van der Waals surface area contributed by atoms with Crippen LogP contribution < -0.4 is 4.74 Å². The van der Waals surface area contributed by atoms with Crippen LogP contribution in [0.1, 0.15) is 12.5 Å². The van der Waals surface area contributed by atoms with Gasteiger partial charge in [0.1, 0.15) is 12.4 Å². The van der Waals surface area contributed by atoms with Crippen LogP contribution in [0.15, 0.2) is 24.3 Å². The van der Waals surface area contributed by atoms with Crippen molar-refractivity contribution in [2.24, 2.45) is 0 Å². The number of aliphatic hydroxyl groups excluding tert-OH is 1. The molecule has 0 amide bonds. The summed E-state index contributed by atoms with van der Waals surface area (Å²) in [6.45, 7) is 7.52. The number of benzene rings is 1. The molecule has 0 aliphatic heterocycles. The van der Waals surface area contributed by atoms with Crippen molar-refractivity contribution in [1.82, 2.24) is 4.90 Å². The van der Waals surface area contributed by atoms with Crippen LogP contribution in [-0.4, -0.2) is 42.9 Å². The molecule has 0 aliphatic carbocycles. The Bertz CT molecular complexity index is 302. The number of hydrogen-bond acceptors (Lipinski definition) is 3. The average molecular weight is 223 g/mol. The standard InChI is InChI=1S/C13H21NO2/c1-3-14(7-9-15)8-10-16-13-6-4-5-12(2)11-13/h4-6,11,15H,3,7-10H2,1-2H3. The van der Waals surface area contributed by atoms with Crippen molar-refractivity contribution in [3.05, 3.63) is 29.8 Å². The first-order valence-corrected chi connectivity index (χ1v) is 5.79. The summed E-state index contributed by atoms with van der Waals surface area (Å²) in [6, 6.07) is 8.05. The fraction of sp³-hybridized carbons (Fsp3) is 0.538. The molecule has 1 aromatic rings. The number of hydrogen-bond donors (Lipinski definition) is 1. The highest BCUT2D eigenvalue weighted by atomic mass is 16.5. The highest BCUT2D eigenvalue weighted by molar-refractivity contribution is 5.27. The third kappa shape index (κ3) is 4.64. The summed E-state index contributed by atoms with van der Waals surface area (Å²) in [5.74, 6) is 0.917. The van der Waals surface area contributed by atoms with Crippen LogP contribution in [0.2, 0.25) is 0 Å². The normalized spacial score (nSPS) is 10.8. The van der Waals surface area contributed by atoms with Crippen LogP contribution in [0.25, 0.3) is 0 Å². The summed E-state index contributed by atoms with van der Waals surface area (Å²) in [5, 5.41) is 8.84. The Morgan fingerprint density at radius 1 is 1.31 bits per heavy atom. The molecule has 0 atom stereocenters. The van der Waals surface area contributed by atoms with Gasteiger partial charge in [-0.15, -0.1) is 0 Å². The molecule has 0 saturated heterocycles. The minimum absolute atomic E-state index is 0.207. The molecule has 0 heterocycles. The molecule has 1 aromatic carbocycles. The first kappa shape index (κ1) is 13.0. The highest BCUT2D eigenvalue weighted by Gasteiger charge is 2.01. The smallest absolute Gasteiger partial charge is 0.119 e. The van der Waals surface area contributed by atoms with Crippen molar-refractivity contribution in [3.63, 3.8) is 0 Å². The molecule has 0 aliphatic rings. The molecule has 0 spiro atoms. The molecule has 0 radical (unpaired) electrons. The summed E-state index contributed by atoms with van der Waals surface area (Å²) >= 11 is 0. The van der Waals surface area contributed by atoms with Crippen molar-refractivity contribution in [2.75, 3.05) is 32.8 Å². The third-order valence-corrected chi connectivity index (χ3v) is 2.53. The Morgan fingerprint density at radius 3 is 2.75 bits per heavy atom. The fourth-order valence-corrected chi connectivity index (χ4v) is 1.57. The van der Waals surface area contributed by atoms with E-state index in [0.717, 1.165) is 18.8 Å². The van der Waals surface area contributed by atoms with Gasteiger partial charge in [0.2, 0.25) is 0 Å². The van der Waals surface area contributed by atoms with Crippen molar-refractivity contribution >= 4 is 0 Å². The summed E-state index contributed by atoms with van der Waals surface area (Å²) in [5.41, 5.74) is 1.21. The highest BCUT2D eigenvalue weighted by Crippen LogP contribution is 2.11. The van der Waals surface area contributed by atoms with Gasteiger partial charge in [-0.25, -0.2) is 0 Å². The minimum Gasteiger partial charge on any atom is -0.492 e. The zero-order chi connectivity index (χ0) is 11.8. The van der Waals surface area contributed by atoms with Crippen LogP contribution in [0.3, 0.4) is 0 Å². The first-order chi connectivity index (χ1) is 7.76. The lowest BCUT2D eigenvalue weighted by atomic mass is 10.2. The summed E-state index contributed by atoms with van der Waals surface area (Å²) in [4.78, 5) is 2.16. The molecule has 16 heavy (non-hydrogen) atoms. The second-order valence-corrected chi connectivity index (χ2v) is 3.82. The molecule has 0 saturated carbocycles. The minimum atomic E-state index is 0.207. The predicted octanol–water partition coefficient (Wildman–Crippen LogP) is 1.69. The van der Waals surface area contributed by atoms with Crippen LogP contribution in [0.4, 0.5) is 0 Å². The van der Waals surface area contributed by atoms with Crippen LogP contribution in [0, 0.1) is 6.92 Å². The number of likely N-dealkylation sites (N-methyl/N-ethyl adjacent to an activating group) is 1. The molecule has 3 heteroatoms. The van der Waals surface area contributed by atoms with E-state index in [1.54, 1.807) is 0 Å². The Kier molecular flexibility index (Phi) is 5.90. The van der Waals surface area contributed by atoms with E-state index in [9.17, 15) is 0 Å². The van der Waals surface area contributed by atoms with Gasteiger partial charge in [-0.05, 0) is 31.2 Å². The summed E-state index contributed by atoms with van der Waals surface area (Å²) in [6.07, 6.45) is 0. The number of ether oxygens (including phenoxy) is 1. The van der Waals surface area contributed by atoms with Crippen LogP contribution in [-0.2, 0) is 0 Å². The third-order valence-electron chi connectivity index (χ3n) is 2.53. The monoisotopic (exact) mass is 223 g/mol. The van der Waals surface area contributed by atoms with Crippen molar-refractivity contribution < 1.29 is 9.84 Å². The van der Waals surface area contributed by atoms with Gasteiger partial charge in [0.25, 0.3) is 0 Å². The van der Waals surface area contributed by atoms with E-state index in [1.165, 1.54) is 5.56 Å². The lowest BCUT2D eigenvalue weighted by Gasteiger charge is -2.19. The van der Waals surface area contributed by atoms with E-state index in [0.29, 0.717) is 13.2 Å². The Balaban J connectivity index is 2.29. The van der Waals surface area contributed by atoms with Gasteiger partial charge in [-0.1, -0.05) is 19.1 Å². The van der Waals surface area contributed by atoms with Gasteiger partial charge in [0.05, 0.1) is 6.61 Å². The molecule has 0 unspecified atom stereocenters. The van der Waals surface area contributed by atoms with Crippen LogP contribution in [0.5, 0.6) is 5.75 Å². The lowest BCUT2D eigenvalue weighted by molar-refractivity contribution is 0.174. The molecular formula is C13H21NO2. The molecule has 1 N–H and O–H groups in total. The van der Waals surface area contributed by atoms with Crippen molar-refractivity contribution in [3.8, 4) is 5.75 Å². The number of rotatable bonds is 7. The maximum absolute atomic E-state index is 8.84. The molecular weight excluding hydrogens is 202 g/mol. The van der Waals surface area contributed by atoms with E-state index in [1.807, 2.05) is 18.2 Å². The molecule has 90 valence electrons. The van der Waals surface area contributed by atoms with E-state index in [2.05, 4.69) is 24.8 Å². The van der Waals surface area contributed by atoms with E-state index >= 15 is 0 Å². The molecule has 3 nitrogen and oxygen atoms in total. The second kappa shape index (κ2) is 7.25. The number of aliphatic hydroxyl groups is 1. The van der Waals surface area contributed by atoms with Gasteiger partial charge in [0, 0.05) is 13.1 Å². The SMILES string of the molecule is CCN(CCO)CCOc1cccc(C)c1. The topological polar surface area (TPSA) is 32.7 Å². The van der Waals surface area contributed by atoms with Crippen molar-refractivity contribution in [2.45, 2.75) is 13.8 Å². The van der Waals surface area contributed by atoms with E-state index < -0.39 is 0 Å². The van der Waals surface area contributed by atoms with Crippen molar-refractivity contribution in [1.29, 1.82) is 0 Å². The lowest BCUT2D eigenvalue weighted by Crippen LogP contribution is -2.30. The number of aryl methyl sites for hydroxylation is 1. The first-order valence-electron chi connectivity index (χ1n) is 5.79. The summed E-state index contributed by atoms with van der Waals surface area (Å²) < 4.78 is 5.64. The van der Waals surface area contributed by atoms with Gasteiger partial charge in [-0.3, -0.25) is 4.90 Å². The quantitative estimate of drug-likeness (QED) is 0.763. The molecule has 0 bridgehead atoms. The predicted molar refractivity (Wildman–Crippen MR) is 65.9 cm³/mol. The molecule has 0 aromatic heterocycles. The molecule has 1 rings (SSSR count). The Hall–Kier alpha value is -1.06. The fourth-order valence-electron chi connectivity index (χ4n) is 1.57. The Morgan fingerprint density at radius 2 is 2.12 bits per heavy atom. The number of nitrogens with zero attached hydrogens (tertiary/aromatic N) is 1. The Labute approximate surface area is 97.7 Å². The second-order valence-electron chi connectivity index (χ2n) is 3.82.